The van der Waals surface area contributed by atoms with Crippen molar-refractivity contribution in [1.29, 1.82) is 0 Å². The molecule has 0 saturated heterocycles. The summed E-state index contributed by atoms with van der Waals surface area (Å²) >= 11 is 0. The first-order valence-electron chi connectivity index (χ1n) is 7.58. The molecule has 5 nitrogen and oxygen atoms in total. The van der Waals surface area contributed by atoms with Crippen molar-refractivity contribution in [2.24, 2.45) is 0 Å². The molecule has 2 aromatic carbocycles. The third-order valence-electron chi connectivity index (χ3n) is 2.94. The predicted octanol–water partition coefficient (Wildman–Crippen LogP) is 2.66. The van der Waals surface area contributed by atoms with E-state index in [-0.39, 0.29) is 12.5 Å². The summed E-state index contributed by atoms with van der Waals surface area (Å²) in [5.41, 5.74) is 0. The minimum Gasteiger partial charge on any atom is -0.494 e. The third kappa shape index (κ3) is 6.30. The molecule has 122 valence electrons. The van der Waals surface area contributed by atoms with Gasteiger partial charge in [0.1, 0.15) is 23.9 Å². The van der Waals surface area contributed by atoms with Crippen LogP contribution in [0.4, 0.5) is 0 Å². The minimum atomic E-state index is -0.177. The van der Waals surface area contributed by atoms with Crippen molar-refractivity contribution in [3.05, 3.63) is 54.6 Å². The Bertz CT molecular complexity index is 584. The van der Waals surface area contributed by atoms with Crippen LogP contribution in [0, 0.1) is 0 Å². The second-order valence-corrected chi connectivity index (χ2v) is 4.70. The van der Waals surface area contributed by atoms with Crippen LogP contribution in [0.2, 0.25) is 0 Å². The van der Waals surface area contributed by atoms with E-state index in [1.54, 1.807) is 0 Å². The van der Waals surface area contributed by atoms with Crippen molar-refractivity contribution in [2.45, 2.75) is 6.92 Å². The molecule has 1 amide bonds. The molecule has 5 heteroatoms. The van der Waals surface area contributed by atoms with Gasteiger partial charge in [0.2, 0.25) is 0 Å². The Kier molecular flexibility index (Phi) is 6.78. The first kappa shape index (κ1) is 16.7. The minimum absolute atomic E-state index is 0.00688. The van der Waals surface area contributed by atoms with Crippen LogP contribution in [-0.4, -0.2) is 32.3 Å². The number of amides is 1. The SMILES string of the molecule is CCOc1ccc(OCCNC(=O)COc2ccccc2)cc1. The smallest absolute Gasteiger partial charge is 0.258 e. The average molecular weight is 315 g/mol. The van der Waals surface area contributed by atoms with E-state index in [1.165, 1.54) is 0 Å². The van der Waals surface area contributed by atoms with E-state index >= 15 is 0 Å². The second kappa shape index (κ2) is 9.35. The molecule has 0 aliphatic heterocycles. The molecule has 0 radical (unpaired) electrons. The summed E-state index contributed by atoms with van der Waals surface area (Å²) in [6, 6.07) is 16.6. The number of ether oxygens (including phenoxy) is 3. The van der Waals surface area contributed by atoms with Crippen LogP contribution in [0.25, 0.3) is 0 Å². The number of benzene rings is 2. The summed E-state index contributed by atoms with van der Waals surface area (Å²) in [5, 5.41) is 2.74. The van der Waals surface area contributed by atoms with E-state index in [0.717, 1.165) is 11.5 Å². The highest BCUT2D eigenvalue weighted by Gasteiger charge is 2.02. The Morgan fingerprint density at radius 1 is 0.870 bits per heavy atom. The zero-order chi connectivity index (χ0) is 16.3. The van der Waals surface area contributed by atoms with E-state index in [0.29, 0.717) is 25.5 Å². The summed E-state index contributed by atoms with van der Waals surface area (Å²) in [6.45, 7) is 3.38. The average Bonchev–Trinajstić information content (AvgIpc) is 2.59. The highest BCUT2D eigenvalue weighted by molar-refractivity contribution is 5.77. The zero-order valence-corrected chi connectivity index (χ0v) is 13.2. The van der Waals surface area contributed by atoms with Crippen molar-refractivity contribution in [1.82, 2.24) is 5.32 Å². The molecule has 0 aliphatic rings. The molecule has 0 bridgehead atoms. The molecule has 0 spiro atoms. The van der Waals surface area contributed by atoms with Gasteiger partial charge in [-0.1, -0.05) is 18.2 Å². The molecule has 1 N–H and O–H groups in total. The van der Waals surface area contributed by atoms with Gasteiger partial charge in [0.15, 0.2) is 6.61 Å². The van der Waals surface area contributed by atoms with Gasteiger partial charge in [0.05, 0.1) is 13.2 Å². The van der Waals surface area contributed by atoms with Gasteiger partial charge >= 0.3 is 0 Å². The van der Waals surface area contributed by atoms with Gasteiger partial charge < -0.3 is 19.5 Å². The summed E-state index contributed by atoms with van der Waals surface area (Å²) in [4.78, 5) is 11.6. The Morgan fingerprint density at radius 2 is 1.48 bits per heavy atom. The van der Waals surface area contributed by atoms with E-state index in [4.69, 9.17) is 14.2 Å². The highest BCUT2D eigenvalue weighted by atomic mass is 16.5. The maximum atomic E-state index is 11.6. The van der Waals surface area contributed by atoms with Crippen LogP contribution >= 0.6 is 0 Å². The monoisotopic (exact) mass is 315 g/mol. The van der Waals surface area contributed by atoms with Crippen molar-refractivity contribution in [2.75, 3.05) is 26.4 Å². The maximum absolute atomic E-state index is 11.6. The Morgan fingerprint density at radius 3 is 2.13 bits per heavy atom. The van der Waals surface area contributed by atoms with Crippen LogP contribution in [-0.2, 0) is 4.79 Å². The Balaban J connectivity index is 1.60. The number of carbonyl (C=O) groups is 1. The summed E-state index contributed by atoms with van der Waals surface area (Å²) in [6.07, 6.45) is 0. The molecule has 0 heterocycles. The molecule has 0 atom stereocenters. The normalized spacial score (nSPS) is 9.96. The highest BCUT2D eigenvalue weighted by Crippen LogP contribution is 2.17. The molecule has 0 aliphatic carbocycles. The van der Waals surface area contributed by atoms with Crippen molar-refractivity contribution >= 4 is 5.91 Å². The standard InChI is InChI=1S/C18H21NO4/c1-2-21-16-8-10-17(11-9-16)22-13-12-19-18(20)14-23-15-6-4-3-5-7-15/h3-11H,2,12-14H2,1H3,(H,19,20). The molecular weight excluding hydrogens is 294 g/mol. The lowest BCUT2D eigenvalue weighted by Gasteiger charge is -2.09. The van der Waals surface area contributed by atoms with Crippen LogP contribution in [0.1, 0.15) is 6.92 Å². The van der Waals surface area contributed by atoms with Gasteiger partial charge in [-0.05, 0) is 43.3 Å². The van der Waals surface area contributed by atoms with Crippen LogP contribution in [0.15, 0.2) is 54.6 Å². The van der Waals surface area contributed by atoms with Gasteiger partial charge in [-0.25, -0.2) is 0 Å². The Hall–Kier alpha value is -2.69. The number of rotatable bonds is 9. The van der Waals surface area contributed by atoms with Gasteiger partial charge in [0, 0.05) is 0 Å². The number of hydrogen-bond donors (Lipinski definition) is 1. The topological polar surface area (TPSA) is 56.8 Å². The lowest BCUT2D eigenvalue weighted by Crippen LogP contribution is -2.32. The fourth-order valence-corrected chi connectivity index (χ4v) is 1.87. The number of nitrogens with one attached hydrogen (secondary N) is 1. The molecule has 0 aromatic heterocycles. The van der Waals surface area contributed by atoms with Crippen LogP contribution < -0.4 is 19.5 Å². The zero-order valence-electron chi connectivity index (χ0n) is 13.2. The summed E-state index contributed by atoms with van der Waals surface area (Å²) in [7, 11) is 0. The predicted molar refractivity (Wildman–Crippen MR) is 88.1 cm³/mol. The summed E-state index contributed by atoms with van der Waals surface area (Å²) in [5.74, 6) is 2.05. The van der Waals surface area contributed by atoms with E-state index in [9.17, 15) is 4.79 Å². The number of hydrogen-bond acceptors (Lipinski definition) is 4. The largest absolute Gasteiger partial charge is 0.494 e. The fraction of sp³-hybridized carbons (Fsp3) is 0.278. The molecule has 2 aromatic rings. The van der Waals surface area contributed by atoms with E-state index < -0.39 is 0 Å². The first-order chi connectivity index (χ1) is 11.3. The summed E-state index contributed by atoms with van der Waals surface area (Å²) < 4.78 is 16.2. The lowest BCUT2D eigenvalue weighted by atomic mass is 10.3. The van der Waals surface area contributed by atoms with E-state index in [2.05, 4.69) is 5.32 Å². The number of carbonyl (C=O) groups excluding carboxylic acids is 1. The molecule has 23 heavy (non-hydrogen) atoms. The molecular formula is C18H21NO4. The second-order valence-electron chi connectivity index (χ2n) is 4.70. The van der Waals surface area contributed by atoms with E-state index in [1.807, 2.05) is 61.5 Å². The number of para-hydroxylation sites is 1. The van der Waals surface area contributed by atoms with Crippen molar-refractivity contribution in [3.63, 3.8) is 0 Å². The Labute approximate surface area is 136 Å². The van der Waals surface area contributed by atoms with Crippen molar-refractivity contribution in [3.8, 4) is 17.2 Å². The van der Waals surface area contributed by atoms with Crippen molar-refractivity contribution < 1.29 is 19.0 Å². The molecule has 2 rings (SSSR count). The molecule has 0 saturated carbocycles. The first-order valence-corrected chi connectivity index (χ1v) is 7.58. The van der Waals surface area contributed by atoms with Crippen LogP contribution in [0.3, 0.4) is 0 Å². The fourth-order valence-electron chi connectivity index (χ4n) is 1.87. The van der Waals surface area contributed by atoms with Crippen LogP contribution in [0.5, 0.6) is 17.2 Å². The van der Waals surface area contributed by atoms with Gasteiger partial charge in [-0.2, -0.15) is 0 Å². The third-order valence-corrected chi connectivity index (χ3v) is 2.94. The maximum Gasteiger partial charge on any atom is 0.258 e. The van der Waals surface area contributed by atoms with Gasteiger partial charge in [-0.15, -0.1) is 0 Å². The molecule has 0 fully saturated rings. The lowest BCUT2D eigenvalue weighted by molar-refractivity contribution is -0.123. The van der Waals surface area contributed by atoms with Gasteiger partial charge in [-0.3, -0.25) is 4.79 Å². The van der Waals surface area contributed by atoms with Gasteiger partial charge in [0.25, 0.3) is 5.91 Å². The molecule has 0 unspecified atom stereocenters. The quantitative estimate of drug-likeness (QED) is 0.723.